The topological polar surface area (TPSA) is 39.9 Å². The summed E-state index contributed by atoms with van der Waals surface area (Å²) in [5.41, 5.74) is 15.8. The van der Waals surface area contributed by atoms with Crippen molar-refractivity contribution >= 4 is 11.0 Å². The monoisotopic (exact) mass is 975 g/mol. The zero-order valence-electron chi connectivity index (χ0n) is 37.9. The number of fused-ring (bicyclic) bond motifs is 1. The van der Waals surface area contributed by atoms with Gasteiger partial charge in [0.05, 0.1) is 28.0 Å². The van der Waals surface area contributed by atoms with Crippen LogP contribution in [0.15, 0.2) is 164 Å². The second kappa shape index (κ2) is 17.0. The Morgan fingerprint density at radius 1 is 0.623 bits per heavy atom. The third kappa shape index (κ3) is 8.13. The zero-order chi connectivity index (χ0) is 44.0. The van der Waals surface area contributed by atoms with Crippen LogP contribution in [0.3, 0.4) is 0 Å². The van der Waals surface area contributed by atoms with Crippen LogP contribution in [0.4, 0.5) is 0 Å². The van der Waals surface area contributed by atoms with Gasteiger partial charge >= 0.3 is 21.1 Å². The fourth-order valence-corrected chi connectivity index (χ4v) is 8.20. The van der Waals surface area contributed by atoms with E-state index in [9.17, 15) is 0 Å². The Morgan fingerprint density at radius 3 is 2.00 bits per heavy atom. The Morgan fingerprint density at radius 2 is 1.31 bits per heavy atom. The fourth-order valence-electron chi connectivity index (χ4n) is 8.20. The van der Waals surface area contributed by atoms with E-state index in [4.69, 9.17) is 18.8 Å². The van der Waals surface area contributed by atoms with Crippen LogP contribution in [0.25, 0.3) is 83.9 Å². The molecule has 5 heteroatoms. The average Bonchev–Trinajstić information content (AvgIpc) is 3.68. The number of benzene rings is 7. The van der Waals surface area contributed by atoms with Gasteiger partial charge < -0.3 is 4.74 Å². The summed E-state index contributed by atoms with van der Waals surface area (Å²) in [5.74, 6) is 1.24. The summed E-state index contributed by atoms with van der Waals surface area (Å²) in [6, 6.07) is 57.1. The molecule has 9 rings (SSSR count). The fraction of sp³-hybridized carbons (Fsp3) is 0.125. The van der Waals surface area contributed by atoms with Gasteiger partial charge in [0.2, 0.25) is 0 Å². The number of imidazole rings is 1. The standard InChI is InChI=1S/C56H47N3O.Pt/c1-36-21-26-51(48(30-36)41-22-24-46(25-23-41)56(4,5)6)59-52-20-14-19-47(53(52)58-55(59)49-31-37(2)29-38(3)54(49)60-7)44-32-43(40-17-12-9-13-18-40)33-45(34-44)50-35-42(27-28-57-50)39-15-10-8-11-16-39;/h8-33,35H,7H2,1-6H3;/q-2;+2/i1D3;. The van der Waals surface area contributed by atoms with Crippen LogP contribution in [0.1, 0.15) is 47.1 Å². The quantitative estimate of drug-likeness (QED) is 0.142. The maximum Gasteiger partial charge on any atom is 2.00 e. The molecule has 0 aliphatic carbocycles. The molecule has 2 aromatic heterocycles. The summed E-state index contributed by atoms with van der Waals surface area (Å²) in [6.07, 6.45) is 1.85. The van der Waals surface area contributed by atoms with Gasteiger partial charge in [0.15, 0.2) is 0 Å². The normalized spacial score (nSPS) is 12.3. The summed E-state index contributed by atoms with van der Waals surface area (Å²) in [4.78, 5) is 10.4. The van der Waals surface area contributed by atoms with Crippen molar-refractivity contribution in [3.05, 3.63) is 199 Å². The summed E-state index contributed by atoms with van der Waals surface area (Å²) in [6.45, 7) is 8.30. The zero-order valence-corrected chi connectivity index (χ0v) is 37.1. The van der Waals surface area contributed by atoms with Gasteiger partial charge in [0, 0.05) is 21.6 Å². The van der Waals surface area contributed by atoms with Crippen molar-refractivity contribution in [1.82, 2.24) is 14.5 Å². The van der Waals surface area contributed by atoms with Gasteiger partial charge in [-0.1, -0.05) is 158 Å². The number of aromatic nitrogens is 3. The van der Waals surface area contributed by atoms with Crippen molar-refractivity contribution in [2.45, 2.75) is 46.9 Å². The first-order valence-electron chi connectivity index (χ1n) is 21.7. The second-order valence-electron chi connectivity index (χ2n) is 16.5. The molecule has 0 fully saturated rings. The van der Waals surface area contributed by atoms with Crippen molar-refractivity contribution in [2.24, 2.45) is 0 Å². The number of ether oxygens (including phenoxy) is 1. The smallest absolute Gasteiger partial charge is 0.665 e. The Bertz CT molecular complexity index is 3130. The number of rotatable bonds is 8. The molecule has 0 spiro atoms. The number of nitrogens with zero attached hydrogens (tertiary/aromatic N) is 3. The first kappa shape index (κ1) is 37.6. The minimum atomic E-state index is -2.32. The molecule has 0 bridgehead atoms. The van der Waals surface area contributed by atoms with Crippen LogP contribution >= 0.6 is 0 Å². The number of para-hydroxylation sites is 1. The summed E-state index contributed by atoms with van der Waals surface area (Å²) >= 11 is 0. The van der Waals surface area contributed by atoms with Crippen LogP contribution < -0.4 is 4.74 Å². The molecule has 2 heterocycles. The molecule has 7 aromatic carbocycles. The van der Waals surface area contributed by atoms with E-state index in [0.717, 1.165) is 89.2 Å². The molecule has 0 N–H and O–H groups in total. The van der Waals surface area contributed by atoms with Crippen LogP contribution in [0.5, 0.6) is 5.75 Å². The van der Waals surface area contributed by atoms with Crippen molar-refractivity contribution < 1.29 is 29.9 Å². The molecule has 0 saturated heterocycles. The number of hydrogen-bond donors (Lipinski definition) is 0. The van der Waals surface area contributed by atoms with Crippen LogP contribution in [-0.2, 0) is 26.5 Å². The minimum absolute atomic E-state index is 0. The van der Waals surface area contributed by atoms with Crippen molar-refractivity contribution in [3.8, 4) is 78.6 Å². The van der Waals surface area contributed by atoms with Gasteiger partial charge in [-0.05, 0) is 95.4 Å². The van der Waals surface area contributed by atoms with Gasteiger partial charge in [0.1, 0.15) is 5.82 Å². The molecule has 0 saturated carbocycles. The van der Waals surface area contributed by atoms with Gasteiger partial charge in [-0.25, -0.2) is 4.98 Å². The number of aryl methyl sites for hydroxylation is 3. The molecule has 0 radical (unpaired) electrons. The first-order chi connectivity index (χ1) is 30.3. The molecule has 0 aliphatic rings. The Kier molecular flexibility index (Phi) is 10.5. The SMILES string of the molecule is [2H]C([2H])([2H])c1ccc(-n2c(-c3cc(C)cc(C)c3O[CH2-])nc3c(-c4[c-]c(-c5cc(-c6ccccc6)ccn5)cc(-c5ccccc5)c4)cccc32)c(-c2ccc(C(C)(C)C)cc2)c1.[Pt+2]. The van der Waals surface area contributed by atoms with E-state index in [1.54, 1.807) is 12.1 Å². The Hall–Kier alpha value is -6.35. The summed E-state index contributed by atoms with van der Waals surface area (Å²) in [7, 11) is 3.88. The molecule has 0 unspecified atom stereocenters. The van der Waals surface area contributed by atoms with Gasteiger partial charge in [-0.15, -0.1) is 23.8 Å². The van der Waals surface area contributed by atoms with Crippen molar-refractivity contribution in [2.75, 3.05) is 0 Å². The van der Waals surface area contributed by atoms with E-state index in [2.05, 4.69) is 136 Å². The van der Waals surface area contributed by atoms with Gasteiger partial charge in [-0.3, -0.25) is 9.55 Å². The second-order valence-corrected chi connectivity index (χ2v) is 16.5. The maximum atomic E-state index is 8.42. The molecular formula is C56H47N3OPt. The summed E-state index contributed by atoms with van der Waals surface area (Å²) in [5, 5.41) is 0. The molecule has 0 aliphatic heterocycles. The third-order valence-corrected chi connectivity index (χ3v) is 11.2. The molecule has 302 valence electrons. The number of pyridine rings is 1. The average molecular weight is 976 g/mol. The largest absolute Gasteiger partial charge is 2.00 e. The molecule has 4 nitrogen and oxygen atoms in total. The van der Waals surface area contributed by atoms with Crippen molar-refractivity contribution in [3.63, 3.8) is 0 Å². The Balaban J connectivity index is 0.00000560. The van der Waals surface area contributed by atoms with Crippen LogP contribution in [0.2, 0.25) is 0 Å². The van der Waals surface area contributed by atoms with Crippen LogP contribution in [-0.4, -0.2) is 14.5 Å². The molecule has 0 amide bonds. The maximum absolute atomic E-state index is 8.42. The third-order valence-electron chi connectivity index (χ3n) is 11.2. The van der Waals surface area contributed by atoms with Crippen LogP contribution in [0, 0.1) is 33.9 Å². The predicted octanol–water partition coefficient (Wildman–Crippen LogP) is 14.6. The van der Waals surface area contributed by atoms with E-state index in [-0.39, 0.29) is 32.0 Å². The first-order valence-corrected chi connectivity index (χ1v) is 20.2. The number of hydrogen-bond acceptors (Lipinski definition) is 3. The van der Waals surface area contributed by atoms with E-state index >= 15 is 0 Å². The van der Waals surface area contributed by atoms with Gasteiger partial charge in [0.25, 0.3) is 0 Å². The van der Waals surface area contributed by atoms with E-state index in [1.165, 1.54) is 5.56 Å². The van der Waals surface area contributed by atoms with Gasteiger partial charge in [-0.2, -0.15) is 7.11 Å². The molecular weight excluding hydrogens is 926 g/mol. The molecule has 61 heavy (non-hydrogen) atoms. The van der Waals surface area contributed by atoms with Crippen molar-refractivity contribution in [1.29, 1.82) is 0 Å². The molecule has 0 atom stereocenters. The Labute approximate surface area is 378 Å². The van der Waals surface area contributed by atoms with E-state index in [1.807, 2.05) is 67.7 Å². The predicted molar refractivity (Wildman–Crippen MR) is 249 cm³/mol. The molecule has 9 aromatic rings. The van der Waals surface area contributed by atoms with E-state index in [0.29, 0.717) is 11.6 Å². The summed E-state index contributed by atoms with van der Waals surface area (Å²) < 4.78 is 33.3. The van der Waals surface area contributed by atoms with E-state index < -0.39 is 6.85 Å². The minimum Gasteiger partial charge on any atom is -0.665 e.